The monoisotopic (exact) mass is 443 g/mol. The molecule has 0 atom stereocenters. The molecule has 0 spiro atoms. The predicted molar refractivity (Wildman–Crippen MR) is 120 cm³/mol. The van der Waals surface area contributed by atoms with Crippen molar-refractivity contribution >= 4 is 23.6 Å². The average Bonchev–Trinajstić information content (AvgIpc) is 2.71. The lowest BCUT2D eigenvalue weighted by molar-refractivity contribution is -0.121. The zero-order valence-electron chi connectivity index (χ0n) is 18.7. The van der Waals surface area contributed by atoms with Crippen LogP contribution in [0.2, 0.25) is 0 Å². The summed E-state index contributed by atoms with van der Waals surface area (Å²) in [5.74, 6) is -0.623. The molecule has 0 radical (unpaired) electrons. The summed E-state index contributed by atoms with van der Waals surface area (Å²) in [6.45, 7) is 5.84. The molecule has 0 saturated carbocycles. The van der Waals surface area contributed by atoms with Crippen LogP contribution in [-0.4, -0.2) is 30.1 Å². The number of aryl methyl sites for hydroxylation is 1. The molecule has 0 heterocycles. The Bertz CT molecular complexity index is 906. The fraction of sp³-hybridized carbons (Fsp3) is 0.375. The Balaban J connectivity index is 1.66. The first kappa shape index (κ1) is 24.8. The second-order valence-corrected chi connectivity index (χ2v) is 8.33. The van der Waals surface area contributed by atoms with Crippen molar-refractivity contribution in [2.45, 2.75) is 52.2 Å². The van der Waals surface area contributed by atoms with Crippen LogP contribution in [0.5, 0.6) is 0 Å². The van der Waals surface area contributed by atoms with Gasteiger partial charge in [-0.25, -0.2) is 9.18 Å². The van der Waals surface area contributed by atoms with Crippen LogP contribution >= 0.6 is 0 Å². The summed E-state index contributed by atoms with van der Waals surface area (Å²) >= 11 is 0. The molecule has 0 aliphatic carbocycles. The largest absolute Gasteiger partial charge is 0.444 e. The topological polar surface area (TPSA) is 96.5 Å². The number of nitrogens with one attached hydrogen (secondary N) is 3. The van der Waals surface area contributed by atoms with Gasteiger partial charge >= 0.3 is 6.09 Å². The lowest BCUT2D eigenvalue weighted by Crippen LogP contribution is -2.34. The van der Waals surface area contributed by atoms with Crippen LogP contribution in [-0.2, 0) is 27.3 Å². The molecule has 0 bridgehead atoms. The molecular weight excluding hydrogens is 413 g/mol. The smallest absolute Gasteiger partial charge is 0.407 e. The zero-order valence-corrected chi connectivity index (χ0v) is 18.7. The van der Waals surface area contributed by atoms with E-state index in [1.54, 1.807) is 45.0 Å². The molecule has 3 N–H and O–H groups in total. The van der Waals surface area contributed by atoms with Crippen LogP contribution in [0.1, 0.15) is 44.7 Å². The Kier molecular flexibility index (Phi) is 9.19. The van der Waals surface area contributed by atoms with Crippen molar-refractivity contribution in [3.05, 3.63) is 65.5 Å². The third kappa shape index (κ3) is 10.1. The first-order valence-corrected chi connectivity index (χ1v) is 10.5. The number of halogens is 1. The van der Waals surface area contributed by atoms with Gasteiger partial charge in [-0.15, -0.1) is 0 Å². The molecule has 0 saturated heterocycles. The minimum atomic E-state index is -0.587. The molecule has 3 amide bonds. The van der Waals surface area contributed by atoms with E-state index >= 15 is 0 Å². The van der Waals surface area contributed by atoms with E-state index in [4.69, 9.17) is 4.74 Å². The highest BCUT2D eigenvalue weighted by molar-refractivity contribution is 5.91. The minimum Gasteiger partial charge on any atom is -0.444 e. The lowest BCUT2D eigenvalue weighted by Gasteiger charge is -2.19. The SMILES string of the molecule is CC(C)(C)OC(=O)NCCC(=O)Nc1ccc(CNC(=O)CCc2ccc(F)cc2)cc1. The quantitative estimate of drug-likeness (QED) is 0.547. The molecule has 0 aromatic heterocycles. The highest BCUT2D eigenvalue weighted by atomic mass is 19.1. The zero-order chi connectivity index (χ0) is 23.6. The van der Waals surface area contributed by atoms with E-state index in [0.29, 0.717) is 25.1 Å². The normalized spacial score (nSPS) is 10.9. The van der Waals surface area contributed by atoms with Gasteiger partial charge in [0.1, 0.15) is 11.4 Å². The van der Waals surface area contributed by atoms with E-state index in [-0.39, 0.29) is 30.6 Å². The van der Waals surface area contributed by atoms with Crippen molar-refractivity contribution in [1.82, 2.24) is 10.6 Å². The summed E-state index contributed by atoms with van der Waals surface area (Å²) in [5, 5.41) is 8.13. The molecule has 7 nitrogen and oxygen atoms in total. The Morgan fingerprint density at radius 2 is 1.47 bits per heavy atom. The Morgan fingerprint density at radius 1 is 0.844 bits per heavy atom. The van der Waals surface area contributed by atoms with Gasteiger partial charge in [0.15, 0.2) is 0 Å². The van der Waals surface area contributed by atoms with E-state index in [1.807, 2.05) is 12.1 Å². The van der Waals surface area contributed by atoms with Crippen molar-refractivity contribution in [2.75, 3.05) is 11.9 Å². The van der Waals surface area contributed by atoms with E-state index in [1.165, 1.54) is 12.1 Å². The Morgan fingerprint density at radius 3 is 2.09 bits per heavy atom. The van der Waals surface area contributed by atoms with Crippen LogP contribution in [0.3, 0.4) is 0 Å². The first-order valence-electron chi connectivity index (χ1n) is 10.5. The minimum absolute atomic E-state index is 0.0933. The second-order valence-electron chi connectivity index (χ2n) is 8.33. The van der Waals surface area contributed by atoms with Crippen molar-refractivity contribution in [3.63, 3.8) is 0 Å². The number of hydrogen-bond donors (Lipinski definition) is 3. The van der Waals surface area contributed by atoms with Crippen LogP contribution in [0, 0.1) is 5.82 Å². The van der Waals surface area contributed by atoms with Gasteiger partial charge in [0, 0.05) is 31.6 Å². The molecular formula is C24H30FN3O4. The second kappa shape index (κ2) is 11.8. The van der Waals surface area contributed by atoms with Gasteiger partial charge < -0.3 is 20.7 Å². The number of anilines is 1. The van der Waals surface area contributed by atoms with Gasteiger partial charge in [-0.05, 0) is 62.6 Å². The number of carbonyl (C=O) groups excluding carboxylic acids is 3. The molecule has 172 valence electrons. The van der Waals surface area contributed by atoms with E-state index in [0.717, 1.165) is 11.1 Å². The number of ether oxygens (including phenoxy) is 1. The molecule has 32 heavy (non-hydrogen) atoms. The predicted octanol–water partition coefficient (Wildman–Crippen LogP) is 3.93. The van der Waals surface area contributed by atoms with Gasteiger partial charge in [-0.1, -0.05) is 24.3 Å². The van der Waals surface area contributed by atoms with Gasteiger partial charge in [0.25, 0.3) is 0 Å². The average molecular weight is 444 g/mol. The summed E-state index contributed by atoms with van der Waals surface area (Å²) in [4.78, 5) is 35.6. The van der Waals surface area contributed by atoms with Crippen LogP contribution in [0.4, 0.5) is 14.9 Å². The van der Waals surface area contributed by atoms with Crippen molar-refractivity contribution in [1.29, 1.82) is 0 Å². The van der Waals surface area contributed by atoms with E-state index in [9.17, 15) is 18.8 Å². The number of carbonyl (C=O) groups is 3. The standard InChI is InChI=1S/C24H30FN3O4/c1-24(2,3)32-23(31)26-15-14-22(30)28-20-11-6-18(7-12-20)16-27-21(29)13-8-17-4-9-19(25)10-5-17/h4-7,9-12H,8,13-16H2,1-3H3,(H,26,31)(H,27,29)(H,28,30). The number of amides is 3. The fourth-order valence-electron chi connectivity index (χ4n) is 2.72. The molecule has 8 heteroatoms. The van der Waals surface area contributed by atoms with Crippen molar-refractivity contribution in [3.8, 4) is 0 Å². The molecule has 2 rings (SSSR count). The number of benzene rings is 2. The molecule has 0 unspecified atom stereocenters. The maximum absolute atomic E-state index is 12.9. The van der Waals surface area contributed by atoms with Crippen molar-refractivity contribution < 1.29 is 23.5 Å². The van der Waals surface area contributed by atoms with Crippen LogP contribution in [0.15, 0.2) is 48.5 Å². The van der Waals surface area contributed by atoms with Gasteiger partial charge in [-0.3, -0.25) is 9.59 Å². The van der Waals surface area contributed by atoms with Gasteiger partial charge in [0.05, 0.1) is 0 Å². The number of hydrogen-bond acceptors (Lipinski definition) is 4. The lowest BCUT2D eigenvalue weighted by atomic mass is 10.1. The maximum Gasteiger partial charge on any atom is 0.407 e. The summed E-state index contributed by atoms with van der Waals surface area (Å²) in [5.41, 5.74) is 1.84. The third-order valence-corrected chi connectivity index (χ3v) is 4.30. The molecule has 2 aromatic rings. The van der Waals surface area contributed by atoms with Gasteiger partial charge in [0.2, 0.25) is 11.8 Å². The number of rotatable bonds is 9. The maximum atomic E-state index is 12.9. The van der Waals surface area contributed by atoms with Gasteiger partial charge in [-0.2, -0.15) is 0 Å². The fourth-order valence-corrected chi connectivity index (χ4v) is 2.72. The number of alkyl carbamates (subject to hydrolysis) is 1. The summed E-state index contributed by atoms with van der Waals surface area (Å²) in [7, 11) is 0. The highest BCUT2D eigenvalue weighted by Gasteiger charge is 2.15. The first-order chi connectivity index (χ1) is 15.1. The summed E-state index contributed by atoms with van der Waals surface area (Å²) in [6.07, 6.45) is 0.414. The highest BCUT2D eigenvalue weighted by Crippen LogP contribution is 2.11. The Hall–Kier alpha value is -3.42. The van der Waals surface area contributed by atoms with Crippen LogP contribution < -0.4 is 16.0 Å². The van der Waals surface area contributed by atoms with E-state index < -0.39 is 11.7 Å². The molecule has 2 aromatic carbocycles. The molecule has 0 aliphatic heterocycles. The van der Waals surface area contributed by atoms with Crippen LogP contribution in [0.25, 0.3) is 0 Å². The molecule has 0 aliphatic rings. The molecule has 0 fully saturated rings. The van der Waals surface area contributed by atoms with Crippen molar-refractivity contribution in [2.24, 2.45) is 0 Å². The third-order valence-electron chi connectivity index (χ3n) is 4.30. The summed E-state index contributed by atoms with van der Waals surface area (Å²) < 4.78 is 18.0. The summed E-state index contributed by atoms with van der Waals surface area (Å²) in [6, 6.07) is 13.2. The Labute approximate surface area is 187 Å². The van der Waals surface area contributed by atoms with E-state index in [2.05, 4.69) is 16.0 Å².